The van der Waals surface area contributed by atoms with E-state index in [1.807, 2.05) is 42.8 Å². The van der Waals surface area contributed by atoms with Gasteiger partial charge in [-0.05, 0) is 13.0 Å². The molecule has 2 aromatic heterocycles. The highest BCUT2D eigenvalue weighted by Gasteiger charge is 2.15. The van der Waals surface area contributed by atoms with Gasteiger partial charge in [-0.1, -0.05) is 23.4 Å². The lowest BCUT2D eigenvalue weighted by atomic mass is 10.2. The van der Waals surface area contributed by atoms with Gasteiger partial charge in [0.05, 0.1) is 11.3 Å². The van der Waals surface area contributed by atoms with Crippen LogP contribution in [-0.4, -0.2) is 15.7 Å². The summed E-state index contributed by atoms with van der Waals surface area (Å²) in [6.45, 7) is 1.91. The van der Waals surface area contributed by atoms with Crippen molar-refractivity contribution in [2.45, 2.75) is 13.5 Å². The van der Waals surface area contributed by atoms with Crippen molar-refractivity contribution in [3.63, 3.8) is 0 Å². The first-order valence-corrected chi connectivity index (χ1v) is 6.28. The van der Waals surface area contributed by atoms with Crippen molar-refractivity contribution < 1.29 is 14.1 Å². The van der Waals surface area contributed by atoms with Crippen LogP contribution in [0.15, 0.2) is 41.1 Å². The van der Waals surface area contributed by atoms with Gasteiger partial charge in [0.1, 0.15) is 0 Å². The molecule has 3 rings (SSSR count). The average Bonchev–Trinajstić information content (AvgIpc) is 3.01. The van der Waals surface area contributed by atoms with Crippen molar-refractivity contribution in [3.8, 4) is 0 Å². The monoisotopic (exact) mass is 270 g/mol. The van der Waals surface area contributed by atoms with Crippen molar-refractivity contribution in [3.05, 3.63) is 53.5 Å². The maximum absolute atomic E-state index is 12.2. The van der Waals surface area contributed by atoms with Crippen LogP contribution < -0.4 is 0 Å². The molecule has 0 radical (unpaired) electrons. The quantitative estimate of drug-likeness (QED) is 0.687. The van der Waals surface area contributed by atoms with Crippen LogP contribution in [0.1, 0.15) is 21.8 Å². The molecule has 0 saturated heterocycles. The number of benzene rings is 1. The lowest BCUT2D eigenvalue weighted by molar-refractivity contribution is 0.0439. The number of carbonyl (C=O) groups is 1. The number of fused-ring (bicyclic) bond motifs is 1. The number of hydrogen-bond acceptors (Lipinski definition) is 4. The normalized spacial score (nSPS) is 10.9. The zero-order chi connectivity index (χ0) is 14.1. The third kappa shape index (κ3) is 2.18. The fraction of sp³-hybridized carbons (Fsp3) is 0.200. The molecule has 0 aliphatic rings. The maximum atomic E-state index is 12.2. The molecule has 5 nitrogen and oxygen atoms in total. The van der Waals surface area contributed by atoms with E-state index in [9.17, 15) is 4.79 Å². The Hall–Kier alpha value is -2.56. The van der Waals surface area contributed by atoms with Crippen molar-refractivity contribution in [1.29, 1.82) is 0 Å². The van der Waals surface area contributed by atoms with Gasteiger partial charge in [-0.25, -0.2) is 4.79 Å². The maximum Gasteiger partial charge on any atom is 0.340 e. The van der Waals surface area contributed by atoms with Gasteiger partial charge in [0.2, 0.25) is 0 Å². The van der Waals surface area contributed by atoms with Gasteiger partial charge in [0, 0.05) is 30.2 Å². The second-order valence-corrected chi connectivity index (χ2v) is 4.68. The lowest BCUT2D eigenvalue weighted by Gasteiger charge is -2.00. The van der Waals surface area contributed by atoms with E-state index in [0.29, 0.717) is 11.3 Å². The van der Waals surface area contributed by atoms with Gasteiger partial charge in [-0.15, -0.1) is 0 Å². The summed E-state index contributed by atoms with van der Waals surface area (Å²) >= 11 is 0. The Balaban J connectivity index is 1.82. The zero-order valence-corrected chi connectivity index (χ0v) is 11.3. The third-order valence-electron chi connectivity index (χ3n) is 3.14. The summed E-state index contributed by atoms with van der Waals surface area (Å²) in [5, 5.41) is 4.63. The Labute approximate surface area is 115 Å². The van der Waals surface area contributed by atoms with E-state index >= 15 is 0 Å². The van der Waals surface area contributed by atoms with Gasteiger partial charge in [-0.2, -0.15) is 0 Å². The summed E-state index contributed by atoms with van der Waals surface area (Å²) in [4.78, 5) is 12.2. The summed E-state index contributed by atoms with van der Waals surface area (Å²) < 4.78 is 12.2. The average molecular weight is 270 g/mol. The SMILES string of the molecule is Cc1cc(COC(=O)c2cn(C)c3ccccc23)on1. The molecule has 0 atom stereocenters. The molecule has 0 spiro atoms. The van der Waals surface area contributed by atoms with Crippen LogP contribution in [0.3, 0.4) is 0 Å². The molecule has 0 unspecified atom stereocenters. The largest absolute Gasteiger partial charge is 0.454 e. The molecule has 0 aliphatic carbocycles. The molecule has 20 heavy (non-hydrogen) atoms. The van der Waals surface area contributed by atoms with Gasteiger partial charge in [0.25, 0.3) is 0 Å². The Kier molecular flexibility index (Phi) is 3.02. The van der Waals surface area contributed by atoms with E-state index in [1.54, 1.807) is 12.3 Å². The van der Waals surface area contributed by atoms with Crippen LogP contribution in [0.2, 0.25) is 0 Å². The fourth-order valence-corrected chi connectivity index (χ4v) is 2.20. The van der Waals surface area contributed by atoms with E-state index < -0.39 is 0 Å². The first kappa shape index (κ1) is 12.5. The molecule has 3 aromatic rings. The molecule has 1 aromatic carbocycles. The topological polar surface area (TPSA) is 57.3 Å². The number of nitrogens with zero attached hydrogens (tertiary/aromatic N) is 2. The Morgan fingerprint density at radius 3 is 2.95 bits per heavy atom. The minimum absolute atomic E-state index is 0.0862. The lowest BCUT2D eigenvalue weighted by Crippen LogP contribution is -2.04. The van der Waals surface area contributed by atoms with Crippen LogP contribution >= 0.6 is 0 Å². The van der Waals surface area contributed by atoms with Crippen LogP contribution in [0.25, 0.3) is 10.9 Å². The second-order valence-electron chi connectivity index (χ2n) is 4.68. The molecule has 0 N–H and O–H groups in total. The van der Waals surface area contributed by atoms with Crippen LogP contribution in [0.5, 0.6) is 0 Å². The first-order valence-electron chi connectivity index (χ1n) is 6.28. The zero-order valence-electron chi connectivity index (χ0n) is 11.3. The van der Waals surface area contributed by atoms with Crippen molar-refractivity contribution >= 4 is 16.9 Å². The smallest absolute Gasteiger partial charge is 0.340 e. The molecule has 5 heteroatoms. The summed E-state index contributed by atoms with van der Waals surface area (Å²) in [7, 11) is 1.90. The molecule has 0 fully saturated rings. The summed E-state index contributed by atoms with van der Waals surface area (Å²) in [6.07, 6.45) is 1.78. The van der Waals surface area contributed by atoms with Crippen molar-refractivity contribution in [1.82, 2.24) is 9.72 Å². The second kappa shape index (κ2) is 4.85. The summed E-state index contributed by atoms with van der Waals surface area (Å²) in [6, 6.07) is 9.46. The number of aromatic nitrogens is 2. The molecule has 0 aliphatic heterocycles. The van der Waals surface area contributed by atoms with Crippen LogP contribution in [-0.2, 0) is 18.4 Å². The van der Waals surface area contributed by atoms with Gasteiger partial charge >= 0.3 is 5.97 Å². The summed E-state index contributed by atoms with van der Waals surface area (Å²) in [5.74, 6) is 0.173. The number of esters is 1. The number of ether oxygens (including phenoxy) is 1. The number of hydrogen-bond donors (Lipinski definition) is 0. The van der Waals surface area contributed by atoms with E-state index in [4.69, 9.17) is 9.26 Å². The number of para-hydroxylation sites is 1. The first-order chi connectivity index (χ1) is 9.65. The van der Waals surface area contributed by atoms with E-state index in [2.05, 4.69) is 5.16 Å². The van der Waals surface area contributed by atoms with E-state index in [0.717, 1.165) is 16.6 Å². The number of rotatable bonds is 3. The Morgan fingerprint density at radius 1 is 1.40 bits per heavy atom. The molecular formula is C15H14N2O3. The number of aryl methyl sites for hydroxylation is 2. The molecule has 0 saturated carbocycles. The molecule has 102 valence electrons. The van der Waals surface area contributed by atoms with Crippen molar-refractivity contribution in [2.75, 3.05) is 0 Å². The van der Waals surface area contributed by atoms with Gasteiger partial charge in [0.15, 0.2) is 12.4 Å². The highest BCUT2D eigenvalue weighted by molar-refractivity contribution is 6.04. The minimum Gasteiger partial charge on any atom is -0.454 e. The highest BCUT2D eigenvalue weighted by atomic mass is 16.5. The third-order valence-corrected chi connectivity index (χ3v) is 3.14. The van der Waals surface area contributed by atoms with E-state index in [-0.39, 0.29) is 12.6 Å². The van der Waals surface area contributed by atoms with Crippen LogP contribution in [0, 0.1) is 6.92 Å². The van der Waals surface area contributed by atoms with Gasteiger partial charge in [-0.3, -0.25) is 0 Å². The molecule has 0 bridgehead atoms. The highest BCUT2D eigenvalue weighted by Crippen LogP contribution is 2.21. The van der Waals surface area contributed by atoms with Crippen molar-refractivity contribution in [2.24, 2.45) is 7.05 Å². The van der Waals surface area contributed by atoms with E-state index in [1.165, 1.54) is 0 Å². The van der Waals surface area contributed by atoms with Crippen LogP contribution in [0.4, 0.5) is 0 Å². The number of carbonyl (C=O) groups excluding carboxylic acids is 1. The minimum atomic E-state index is -0.365. The van der Waals surface area contributed by atoms with Gasteiger partial charge < -0.3 is 13.8 Å². The molecular weight excluding hydrogens is 256 g/mol. The molecule has 2 heterocycles. The fourth-order valence-electron chi connectivity index (χ4n) is 2.20. The predicted molar refractivity (Wildman–Crippen MR) is 73.3 cm³/mol. The predicted octanol–water partition coefficient (Wildman–Crippen LogP) is 2.83. The standard InChI is InChI=1S/C15H14N2O3/c1-10-7-11(20-16-10)9-19-15(18)13-8-17(2)14-6-4-3-5-12(13)14/h3-8H,9H2,1-2H3. The Bertz CT molecular complexity index is 770. The summed E-state index contributed by atoms with van der Waals surface area (Å²) in [5.41, 5.74) is 2.32. The Morgan fingerprint density at radius 2 is 2.20 bits per heavy atom. The molecule has 0 amide bonds.